The number of nitrogens with one attached hydrogen (secondary N) is 2. The van der Waals surface area contributed by atoms with E-state index >= 15 is 0 Å². The molecule has 0 aliphatic rings. The van der Waals surface area contributed by atoms with Gasteiger partial charge in [-0.2, -0.15) is 0 Å². The van der Waals surface area contributed by atoms with Crippen molar-refractivity contribution in [3.8, 4) is 22.6 Å². The number of rotatable bonds is 20. The van der Waals surface area contributed by atoms with E-state index in [9.17, 15) is 14.4 Å². The second kappa shape index (κ2) is 21.1. The summed E-state index contributed by atoms with van der Waals surface area (Å²) in [6.07, 6.45) is 5.36. The first kappa shape index (κ1) is 41.0. The Morgan fingerprint density at radius 3 is 2.04 bits per heavy atom. The third-order valence-electron chi connectivity index (χ3n) is 8.21. The molecule has 0 aliphatic carbocycles. The average molecular weight is 733 g/mol. The van der Waals surface area contributed by atoms with Gasteiger partial charge in [-0.25, -0.2) is 4.79 Å². The molecule has 0 fully saturated rings. The fourth-order valence-electron chi connectivity index (χ4n) is 5.80. The van der Waals surface area contributed by atoms with Gasteiger partial charge >= 0.3 is 5.97 Å². The highest BCUT2D eigenvalue weighted by Gasteiger charge is 2.26. The lowest BCUT2D eigenvalue weighted by atomic mass is 9.92. The van der Waals surface area contributed by atoms with Crippen LogP contribution in [0.2, 0.25) is 0 Å². The number of methoxy groups -OCH3 is 1. The molecule has 4 aromatic rings. The van der Waals surface area contributed by atoms with Crippen molar-refractivity contribution in [3.05, 3.63) is 98.1 Å². The summed E-state index contributed by atoms with van der Waals surface area (Å²) < 4.78 is 17.4. The topological polar surface area (TPSA) is 176 Å². The van der Waals surface area contributed by atoms with E-state index in [4.69, 9.17) is 31.5 Å². The minimum Gasteiger partial charge on any atom is -0.493 e. The summed E-state index contributed by atoms with van der Waals surface area (Å²) in [4.78, 5) is 42.6. The molecule has 0 aliphatic heterocycles. The molecule has 0 saturated heterocycles. The zero-order valence-electron chi connectivity index (χ0n) is 29.6. The second-order valence-electron chi connectivity index (χ2n) is 11.8. The lowest BCUT2D eigenvalue weighted by Crippen LogP contribution is -2.51. The van der Waals surface area contributed by atoms with Crippen molar-refractivity contribution in [1.29, 1.82) is 0 Å². The van der Waals surface area contributed by atoms with Crippen LogP contribution in [0.5, 0.6) is 11.5 Å². The maximum atomic E-state index is 13.3. The standard InChI is InChI=1S/C40H45ClN4O6.H3N.H2/c1-4-13-32(39(48)49-3)45-38(47)31(18-10-11-24-43-40(41)42)44-35(46)19-12-26-51-34-23-21-28-15-7-9-17-30(28)37(34)36-29-16-8-6-14-27(29)20-22-33(36)50-25-5-2;;/h4-9,14-17,20-23,31-32H,1-2,10-13,18-19,24-26H2,3H3,(H2,42,43)(H,44,46)(H,45,47);1H3;1H/t31-,32+;;/m1../s1/i;;1+1. The molecule has 0 unspecified atom stereocenters. The first-order valence-electron chi connectivity index (χ1n) is 16.9. The monoisotopic (exact) mass is 732 g/mol. The lowest BCUT2D eigenvalue weighted by Gasteiger charge is -2.22. The van der Waals surface area contributed by atoms with Gasteiger partial charge in [0.25, 0.3) is 0 Å². The number of carbonyl (C=O) groups excluding carboxylic acids is 3. The van der Waals surface area contributed by atoms with Gasteiger partial charge in [-0.05, 0) is 77.4 Å². The zero-order valence-corrected chi connectivity index (χ0v) is 30.3. The van der Waals surface area contributed by atoms with Gasteiger partial charge in [0, 0.05) is 25.5 Å². The number of benzene rings is 4. The molecule has 2 amide bonds. The number of nitrogens with zero attached hydrogens (tertiary/aromatic N) is 1. The maximum absolute atomic E-state index is 13.3. The van der Waals surface area contributed by atoms with E-state index in [0.717, 1.165) is 32.7 Å². The molecule has 7 N–H and O–H groups in total. The summed E-state index contributed by atoms with van der Waals surface area (Å²) in [5, 5.41) is 9.60. The van der Waals surface area contributed by atoms with Crippen LogP contribution in [0.25, 0.3) is 32.7 Å². The first-order chi connectivity index (χ1) is 24.8. The summed E-state index contributed by atoms with van der Waals surface area (Å²) >= 11 is 5.62. The molecule has 0 heterocycles. The number of amides is 2. The molecule has 4 rings (SSSR count). The molecule has 0 bridgehead atoms. The molecule has 12 heteroatoms. The van der Waals surface area contributed by atoms with E-state index in [2.05, 4.69) is 53.0 Å². The number of carbonyl (C=O) groups is 3. The summed E-state index contributed by atoms with van der Waals surface area (Å²) in [5.74, 6) is -0.0645. The lowest BCUT2D eigenvalue weighted by molar-refractivity contribution is -0.145. The third kappa shape index (κ3) is 11.3. The van der Waals surface area contributed by atoms with Gasteiger partial charge < -0.3 is 36.7 Å². The fourth-order valence-corrected chi connectivity index (χ4v) is 5.88. The summed E-state index contributed by atoms with van der Waals surface area (Å²) in [5.41, 5.74) is 7.21. The SMILES string of the molecule is C=CCOc1ccc2ccccc2c1-c1c(OCCCC(=O)N[C@H](CCCCN=C(N)Cl)C(=O)N[C@@H](CC=C)C(=O)OC)ccc2ccccc12.N.[2HH]. The summed E-state index contributed by atoms with van der Waals surface area (Å²) in [7, 11) is 1.24. The van der Waals surface area contributed by atoms with Gasteiger partial charge in [0.05, 0.1) is 13.7 Å². The van der Waals surface area contributed by atoms with Gasteiger partial charge in [-0.3, -0.25) is 14.6 Å². The van der Waals surface area contributed by atoms with Gasteiger partial charge in [0.15, 0.2) is 5.29 Å². The Bertz CT molecular complexity index is 1880. The van der Waals surface area contributed by atoms with Crippen molar-refractivity contribution in [3.63, 3.8) is 0 Å². The number of amidine groups is 1. The zero-order chi connectivity index (χ0) is 36.6. The maximum Gasteiger partial charge on any atom is 0.328 e. The van der Waals surface area contributed by atoms with Crippen molar-refractivity contribution in [2.45, 2.75) is 50.6 Å². The summed E-state index contributed by atoms with van der Waals surface area (Å²) in [6.45, 7) is 8.43. The Hall–Kier alpha value is -5.39. The van der Waals surface area contributed by atoms with Crippen molar-refractivity contribution < 1.29 is 30.0 Å². The van der Waals surface area contributed by atoms with E-state index in [1.54, 1.807) is 6.08 Å². The average Bonchev–Trinajstić information content (AvgIpc) is 3.14. The van der Waals surface area contributed by atoms with Crippen molar-refractivity contribution in [2.24, 2.45) is 10.7 Å². The second-order valence-corrected chi connectivity index (χ2v) is 12.2. The minimum atomic E-state index is -0.922. The third-order valence-corrected chi connectivity index (χ3v) is 8.33. The number of nitrogens with two attached hydrogens (primary N) is 1. The van der Waals surface area contributed by atoms with E-state index in [-0.39, 0.29) is 38.2 Å². The highest BCUT2D eigenvalue weighted by atomic mass is 35.5. The highest BCUT2D eigenvalue weighted by Crippen LogP contribution is 2.45. The molecular formula is C40H50ClN5O6. The Balaban J connectivity index is 0.00000486. The van der Waals surface area contributed by atoms with Crippen LogP contribution in [-0.4, -0.2) is 62.0 Å². The number of fused-ring (bicyclic) bond motifs is 2. The molecule has 2 atom stereocenters. The fraction of sp³-hybridized carbons (Fsp3) is 0.300. The normalized spacial score (nSPS) is 12.2. The molecule has 0 aromatic heterocycles. The molecule has 0 radical (unpaired) electrons. The molecular weight excluding hydrogens is 682 g/mol. The number of hydrogen-bond acceptors (Lipinski definition) is 8. The molecule has 278 valence electrons. The smallest absolute Gasteiger partial charge is 0.328 e. The minimum absolute atomic E-state index is 0. The number of ether oxygens (including phenoxy) is 3. The Morgan fingerprint density at radius 2 is 1.46 bits per heavy atom. The van der Waals surface area contributed by atoms with E-state index in [0.29, 0.717) is 50.3 Å². The van der Waals surface area contributed by atoms with Crippen LogP contribution in [0.1, 0.15) is 40.0 Å². The van der Waals surface area contributed by atoms with Crippen molar-refractivity contribution in [1.82, 2.24) is 16.8 Å². The number of halogens is 1. The van der Waals surface area contributed by atoms with Gasteiger partial charge in [0.2, 0.25) is 11.8 Å². The van der Waals surface area contributed by atoms with Crippen molar-refractivity contribution >= 4 is 56.2 Å². The predicted octanol–water partition coefficient (Wildman–Crippen LogP) is 7.23. The first-order valence-corrected chi connectivity index (χ1v) is 17.3. The number of aliphatic imine (C=N–C) groups is 1. The molecule has 52 heavy (non-hydrogen) atoms. The predicted molar refractivity (Wildman–Crippen MR) is 211 cm³/mol. The van der Waals surface area contributed by atoms with Crippen LogP contribution >= 0.6 is 11.6 Å². The Kier molecular flexibility index (Phi) is 16.6. The van der Waals surface area contributed by atoms with Crippen LogP contribution in [0.4, 0.5) is 0 Å². The van der Waals surface area contributed by atoms with Crippen molar-refractivity contribution in [2.75, 3.05) is 26.9 Å². The van der Waals surface area contributed by atoms with E-state index < -0.39 is 24.0 Å². The highest BCUT2D eigenvalue weighted by molar-refractivity contribution is 6.64. The molecule has 4 aromatic carbocycles. The number of esters is 1. The van der Waals surface area contributed by atoms with Crippen LogP contribution in [0.3, 0.4) is 0 Å². The quantitative estimate of drug-likeness (QED) is 0.0184. The summed E-state index contributed by atoms with van der Waals surface area (Å²) in [6, 6.07) is 22.4. The molecule has 0 saturated carbocycles. The largest absolute Gasteiger partial charge is 0.493 e. The van der Waals surface area contributed by atoms with Crippen LogP contribution in [0.15, 0.2) is 103 Å². The van der Waals surface area contributed by atoms with Gasteiger partial charge in [0.1, 0.15) is 30.2 Å². The molecule has 0 spiro atoms. The van der Waals surface area contributed by atoms with E-state index in [1.165, 1.54) is 13.2 Å². The van der Waals surface area contributed by atoms with Crippen LogP contribution in [0, 0.1) is 0 Å². The Morgan fingerprint density at radius 1 is 0.846 bits per heavy atom. The number of hydrogen-bond donors (Lipinski definition) is 4. The van der Waals surface area contributed by atoms with Gasteiger partial charge in [-0.1, -0.05) is 79.4 Å². The van der Waals surface area contributed by atoms with Crippen LogP contribution in [-0.2, 0) is 19.1 Å². The van der Waals surface area contributed by atoms with E-state index in [1.807, 2.05) is 48.5 Å². The number of unbranched alkanes of at least 4 members (excludes halogenated alkanes) is 1. The Labute approximate surface area is 311 Å². The molecule has 11 nitrogen and oxygen atoms in total. The van der Waals surface area contributed by atoms with Gasteiger partial charge in [-0.15, -0.1) is 6.58 Å². The van der Waals surface area contributed by atoms with Crippen LogP contribution < -0.4 is 32.0 Å².